The lowest BCUT2D eigenvalue weighted by Crippen LogP contribution is -2.55. The molecule has 204 valence electrons. The lowest BCUT2D eigenvalue weighted by atomic mass is 10.1. The Morgan fingerprint density at radius 2 is 1.68 bits per heavy atom. The number of benzene rings is 2. The Morgan fingerprint density at radius 3 is 2.16 bits per heavy atom. The number of nitrogens with one attached hydrogen (secondary N) is 1. The zero-order chi connectivity index (χ0) is 28.1. The molecule has 0 bridgehead atoms. The van der Waals surface area contributed by atoms with Crippen molar-refractivity contribution in [3.8, 4) is 5.75 Å². The molecule has 0 spiro atoms. The van der Waals surface area contributed by atoms with Crippen LogP contribution in [0.4, 0.5) is 5.69 Å². The van der Waals surface area contributed by atoms with E-state index in [-0.39, 0.29) is 29.4 Å². The van der Waals surface area contributed by atoms with Crippen molar-refractivity contribution in [3.63, 3.8) is 0 Å². The molecular weight excluding hydrogens is 561 g/mol. The number of halogens is 3. The lowest BCUT2D eigenvalue weighted by molar-refractivity contribution is -0.141. The Kier molecular flexibility index (Phi) is 10.5. The van der Waals surface area contributed by atoms with E-state index in [0.29, 0.717) is 15.6 Å². The maximum Gasteiger partial charge on any atom is 0.244 e. The van der Waals surface area contributed by atoms with Crippen molar-refractivity contribution in [1.29, 1.82) is 0 Å². The van der Waals surface area contributed by atoms with Crippen molar-refractivity contribution in [2.45, 2.75) is 52.2 Å². The summed E-state index contributed by atoms with van der Waals surface area (Å²) in [6.45, 7) is 6.51. The van der Waals surface area contributed by atoms with Gasteiger partial charge in [-0.15, -0.1) is 0 Å². The van der Waals surface area contributed by atoms with Gasteiger partial charge in [-0.1, -0.05) is 47.8 Å². The van der Waals surface area contributed by atoms with E-state index >= 15 is 0 Å². The van der Waals surface area contributed by atoms with Crippen LogP contribution in [0.15, 0.2) is 36.4 Å². The largest absolute Gasteiger partial charge is 0.495 e. The predicted molar refractivity (Wildman–Crippen MR) is 149 cm³/mol. The summed E-state index contributed by atoms with van der Waals surface area (Å²) in [5, 5.41) is 3.78. The molecular formula is C25H32Cl3N3O5S. The molecule has 0 saturated carbocycles. The first kappa shape index (κ1) is 31.0. The van der Waals surface area contributed by atoms with Crippen molar-refractivity contribution < 1.29 is 22.7 Å². The van der Waals surface area contributed by atoms with Crippen LogP contribution >= 0.6 is 34.8 Å². The molecule has 0 aliphatic rings. The monoisotopic (exact) mass is 591 g/mol. The molecule has 1 atom stereocenters. The average molecular weight is 593 g/mol. The number of hydrogen-bond acceptors (Lipinski definition) is 5. The maximum absolute atomic E-state index is 13.8. The first-order valence-electron chi connectivity index (χ1n) is 11.4. The predicted octanol–water partition coefficient (Wildman–Crippen LogP) is 5.14. The second-order valence-electron chi connectivity index (χ2n) is 9.47. The van der Waals surface area contributed by atoms with E-state index in [1.807, 2.05) is 20.8 Å². The van der Waals surface area contributed by atoms with Gasteiger partial charge in [-0.2, -0.15) is 0 Å². The Bertz CT molecular complexity index is 1230. The van der Waals surface area contributed by atoms with E-state index in [1.54, 1.807) is 31.2 Å². The van der Waals surface area contributed by atoms with Crippen molar-refractivity contribution in [3.05, 3.63) is 57.0 Å². The highest BCUT2D eigenvalue weighted by Crippen LogP contribution is 2.33. The van der Waals surface area contributed by atoms with Crippen LogP contribution in [0, 0.1) is 0 Å². The van der Waals surface area contributed by atoms with Gasteiger partial charge < -0.3 is 15.0 Å². The molecule has 0 unspecified atom stereocenters. The number of carbonyl (C=O) groups is 2. The van der Waals surface area contributed by atoms with E-state index in [2.05, 4.69) is 5.32 Å². The van der Waals surface area contributed by atoms with Crippen LogP contribution in [0.25, 0.3) is 0 Å². The third-order valence-corrected chi connectivity index (χ3v) is 7.43. The summed E-state index contributed by atoms with van der Waals surface area (Å²) < 4.78 is 31.9. The summed E-state index contributed by atoms with van der Waals surface area (Å²) in [5.41, 5.74) is -0.0324. The summed E-state index contributed by atoms with van der Waals surface area (Å²) in [5.74, 6) is -0.821. The Balaban J connectivity index is 2.59. The molecule has 2 rings (SSSR count). The van der Waals surface area contributed by atoms with Crippen LogP contribution in [0.5, 0.6) is 5.75 Å². The van der Waals surface area contributed by atoms with Crippen molar-refractivity contribution in [1.82, 2.24) is 10.2 Å². The van der Waals surface area contributed by atoms with Crippen LogP contribution in [0.2, 0.25) is 15.1 Å². The van der Waals surface area contributed by atoms with Gasteiger partial charge in [0.1, 0.15) is 18.3 Å². The van der Waals surface area contributed by atoms with E-state index in [4.69, 9.17) is 39.5 Å². The quantitative estimate of drug-likeness (QED) is 0.412. The molecule has 1 N–H and O–H groups in total. The Morgan fingerprint density at radius 1 is 1.08 bits per heavy atom. The molecule has 0 heterocycles. The van der Waals surface area contributed by atoms with Gasteiger partial charge in [0.25, 0.3) is 0 Å². The topological polar surface area (TPSA) is 96.0 Å². The highest BCUT2D eigenvalue weighted by Gasteiger charge is 2.34. The molecule has 0 radical (unpaired) electrons. The number of amides is 2. The van der Waals surface area contributed by atoms with Gasteiger partial charge in [0, 0.05) is 32.7 Å². The van der Waals surface area contributed by atoms with E-state index < -0.39 is 40.0 Å². The molecule has 12 heteroatoms. The van der Waals surface area contributed by atoms with Crippen LogP contribution in [0.1, 0.15) is 39.7 Å². The molecule has 0 aromatic heterocycles. The smallest absolute Gasteiger partial charge is 0.244 e. The first-order chi connectivity index (χ1) is 17.1. The number of nitrogens with zero attached hydrogens (tertiary/aromatic N) is 2. The third-order valence-electron chi connectivity index (χ3n) is 5.36. The summed E-state index contributed by atoms with van der Waals surface area (Å²) in [4.78, 5) is 28.4. The Hall–Kier alpha value is -2.20. The van der Waals surface area contributed by atoms with Gasteiger partial charge in [-0.3, -0.25) is 13.9 Å². The Labute approximate surface area is 233 Å². The number of sulfonamides is 1. The van der Waals surface area contributed by atoms with Gasteiger partial charge in [-0.25, -0.2) is 8.42 Å². The van der Waals surface area contributed by atoms with E-state index in [9.17, 15) is 18.0 Å². The minimum absolute atomic E-state index is 0.0915. The fourth-order valence-corrected chi connectivity index (χ4v) is 5.21. The molecule has 0 saturated heterocycles. The van der Waals surface area contributed by atoms with E-state index in [1.165, 1.54) is 24.1 Å². The van der Waals surface area contributed by atoms with Gasteiger partial charge in [-0.05, 0) is 57.5 Å². The van der Waals surface area contributed by atoms with Gasteiger partial charge >= 0.3 is 0 Å². The zero-order valence-corrected chi connectivity index (χ0v) is 24.7. The normalized spacial score (nSPS) is 12.6. The van der Waals surface area contributed by atoms with Crippen LogP contribution < -0.4 is 14.4 Å². The van der Waals surface area contributed by atoms with Crippen LogP contribution in [0.3, 0.4) is 0 Å². The summed E-state index contributed by atoms with van der Waals surface area (Å²) in [7, 11) is -2.59. The highest BCUT2D eigenvalue weighted by molar-refractivity contribution is 7.92. The van der Waals surface area contributed by atoms with Crippen molar-refractivity contribution >= 4 is 62.3 Å². The van der Waals surface area contributed by atoms with Crippen molar-refractivity contribution in [2.24, 2.45) is 0 Å². The molecule has 2 amide bonds. The zero-order valence-electron chi connectivity index (χ0n) is 21.6. The molecule has 0 aliphatic heterocycles. The van der Waals surface area contributed by atoms with Gasteiger partial charge in [0.05, 0.1) is 19.1 Å². The lowest BCUT2D eigenvalue weighted by Gasteiger charge is -2.35. The average Bonchev–Trinajstić information content (AvgIpc) is 2.77. The molecule has 2 aromatic rings. The number of ether oxygens (including phenoxy) is 1. The number of methoxy groups -OCH3 is 1. The SMILES string of the molecule is CC[C@@H](C(=O)NC(C)(C)C)N(Cc1c(Cl)cccc1Cl)C(=O)CN(c1cc(Cl)ccc1OC)S(C)(=O)=O. The molecule has 0 fully saturated rings. The van der Waals surface area contributed by atoms with Gasteiger partial charge in [0.15, 0.2) is 0 Å². The minimum atomic E-state index is -3.97. The number of carbonyl (C=O) groups excluding carboxylic acids is 2. The first-order valence-corrected chi connectivity index (χ1v) is 14.4. The van der Waals surface area contributed by atoms with Crippen LogP contribution in [-0.4, -0.2) is 56.6 Å². The third kappa shape index (κ3) is 8.40. The van der Waals surface area contributed by atoms with Gasteiger partial charge in [0.2, 0.25) is 21.8 Å². The fourth-order valence-electron chi connectivity index (χ4n) is 3.68. The molecule has 2 aromatic carbocycles. The fraction of sp³-hybridized carbons (Fsp3) is 0.440. The summed E-state index contributed by atoms with van der Waals surface area (Å²) in [6, 6.07) is 8.44. The van der Waals surface area contributed by atoms with Crippen molar-refractivity contribution in [2.75, 3.05) is 24.2 Å². The number of rotatable bonds is 10. The second kappa shape index (κ2) is 12.6. The second-order valence-corrected chi connectivity index (χ2v) is 12.6. The molecule has 0 aliphatic carbocycles. The minimum Gasteiger partial charge on any atom is -0.495 e. The highest BCUT2D eigenvalue weighted by atomic mass is 35.5. The number of anilines is 1. The summed E-state index contributed by atoms with van der Waals surface area (Å²) >= 11 is 18.9. The van der Waals surface area contributed by atoms with E-state index in [0.717, 1.165) is 10.6 Å². The summed E-state index contributed by atoms with van der Waals surface area (Å²) in [6.07, 6.45) is 1.23. The number of hydrogen-bond donors (Lipinski definition) is 1. The maximum atomic E-state index is 13.8. The van der Waals surface area contributed by atoms with Crippen LogP contribution in [-0.2, 0) is 26.2 Å². The molecule has 8 nitrogen and oxygen atoms in total. The molecule has 37 heavy (non-hydrogen) atoms. The standard InChI is InChI=1S/C25H32Cl3N3O5S/c1-7-20(24(33)29-25(2,3)4)30(14-17-18(27)9-8-10-19(17)28)23(32)15-31(37(6,34)35)21-13-16(26)11-12-22(21)36-5/h8-13,20H,7,14-15H2,1-6H3,(H,29,33)/t20-/m0/s1.